The van der Waals surface area contributed by atoms with Crippen molar-refractivity contribution in [3.05, 3.63) is 0 Å². The third-order valence-corrected chi connectivity index (χ3v) is 3.35. The highest BCUT2D eigenvalue weighted by atomic mass is 16.5. The lowest BCUT2D eigenvalue weighted by molar-refractivity contribution is -0.143. The van der Waals surface area contributed by atoms with Crippen LogP contribution in [0.15, 0.2) is 0 Å². The summed E-state index contributed by atoms with van der Waals surface area (Å²) in [6, 6.07) is 0. The van der Waals surface area contributed by atoms with Gasteiger partial charge in [-0.2, -0.15) is 0 Å². The number of hydrogen-bond acceptors (Lipinski definition) is 3. The summed E-state index contributed by atoms with van der Waals surface area (Å²) in [5.74, 6) is -0.240. The molecule has 0 aliphatic heterocycles. The first-order chi connectivity index (χ1) is 7.42. The topological polar surface area (TPSA) is 72.5 Å². The highest BCUT2D eigenvalue weighted by molar-refractivity contribution is 5.77. The van der Waals surface area contributed by atoms with E-state index in [1.807, 2.05) is 0 Å². The molecule has 4 nitrogen and oxygen atoms in total. The Morgan fingerprint density at radius 1 is 1.56 bits per heavy atom. The molecular formula is C12H23NO3. The quantitative estimate of drug-likeness (QED) is 0.753. The predicted molar refractivity (Wildman–Crippen MR) is 62.2 cm³/mol. The van der Waals surface area contributed by atoms with Crippen molar-refractivity contribution in [2.24, 2.45) is 11.7 Å². The minimum Gasteiger partial charge on any atom is -0.480 e. The monoisotopic (exact) mass is 229 g/mol. The molecule has 0 heterocycles. The third kappa shape index (κ3) is 4.10. The summed E-state index contributed by atoms with van der Waals surface area (Å²) >= 11 is 0. The van der Waals surface area contributed by atoms with Gasteiger partial charge in [-0.3, -0.25) is 4.79 Å². The van der Waals surface area contributed by atoms with Gasteiger partial charge in [0.15, 0.2) is 0 Å². The van der Waals surface area contributed by atoms with Crippen LogP contribution in [-0.4, -0.2) is 29.3 Å². The summed E-state index contributed by atoms with van der Waals surface area (Å²) in [6.45, 7) is 4.21. The summed E-state index contributed by atoms with van der Waals surface area (Å²) in [4.78, 5) is 10.8. The van der Waals surface area contributed by atoms with Gasteiger partial charge in [0.05, 0.1) is 6.10 Å². The van der Waals surface area contributed by atoms with E-state index in [0.717, 1.165) is 18.8 Å². The van der Waals surface area contributed by atoms with E-state index < -0.39 is 11.5 Å². The zero-order valence-electron chi connectivity index (χ0n) is 10.2. The van der Waals surface area contributed by atoms with Gasteiger partial charge >= 0.3 is 5.97 Å². The highest BCUT2D eigenvalue weighted by Crippen LogP contribution is 2.26. The molecule has 0 aromatic rings. The van der Waals surface area contributed by atoms with Gasteiger partial charge < -0.3 is 15.6 Å². The molecule has 0 amide bonds. The second kappa shape index (κ2) is 5.64. The lowest BCUT2D eigenvalue weighted by atomic mass is 9.88. The Hall–Kier alpha value is -0.610. The van der Waals surface area contributed by atoms with Crippen LogP contribution in [0.25, 0.3) is 0 Å². The molecule has 94 valence electrons. The molecule has 0 saturated heterocycles. The average Bonchev–Trinajstić information content (AvgIpc) is 2.17. The van der Waals surface area contributed by atoms with Crippen LogP contribution in [0.5, 0.6) is 0 Å². The number of hydrogen-bond donors (Lipinski definition) is 2. The molecular weight excluding hydrogens is 206 g/mol. The van der Waals surface area contributed by atoms with E-state index in [0.29, 0.717) is 19.1 Å². The van der Waals surface area contributed by atoms with Crippen molar-refractivity contribution in [1.82, 2.24) is 0 Å². The second-order valence-electron chi connectivity index (χ2n) is 5.24. The largest absolute Gasteiger partial charge is 0.480 e. The summed E-state index contributed by atoms with van der Waals surface area (Å²) in [5, 5.41) is 8.84. The van der Waals surface area contributed by atoms with E-state index in [9.17, 15) is 4.79 Å². The van der Waals surface area contributed by atoms with E-state index in [-0.39, 0.29) is 0 Å². The van der Waals surface area contributed by atoms with Crippen LogP contribution in [0.1, 0.15) is 46.0 Å². The van der Waals surface area contributed by atoms with Crippen LogP contribution >= 0.6 is 0 Å². The van der Waals surface area contributed by atoms with Gasteiger partial charge in [0.2, 0.25) is 0 Å². The minimum atomic E-state index is -1.17. The Morgan fingerprint density at radius 3 is 2.81 bits per heavy atom. The molecule has 0 aromatic heterocycles. The number of rotatable bonds is 5. The van der Waals surface area contributed by atoms with Crippen molar-refractivity contribution in [3.8, 4) is 0 Å². The van der Waals surface area contributed by atoms with E-state index in [1.54, 1.807) is 0 Å². The number of ether oxygens (including phenoxy) is 1. The van der Waals surface area contributed by atoms with Gasteiger partial charge in [0.1, 0.15) is 5.54 Å². The first kappa shape index (κ1) is 13.5. The smallest absolute Gasteiger partial charge is 0.323 e. The van der Waals surface area contributed by atoms with Crippen molar-refractivity contribution >= 4 is 5.97 Å². The van der Waals surface area contributed by atoms with Crippen molar-refractivity contribution < 1.29 is 14.6 Å². The van der Waals surface area contributed by atoms with E-state index in [4.69, 9.17) is 15.6 Å². The molecule has 4 heteroatoms. The number of nitrogens with two attached hydrogens (primary N) is 1. The van der Waals surface area contributed by atoms with Crippen LogP contribution in [0.2, 0.25) is 0 Å². The van der Waals surface area contributed by atoms with Crippen LogP contribution < -0.4 is 5.73 Å². The number of aliphatic carboxylic acids is 1. The van der Waals surface area contributed by atoms with Gasteiger partial charge in [-0.25, -0.2) is 0 Å². The maximum atomic E-state index is 10.8. The van der Waals surface area contributed by atoms with Crippen LogP contribution in [0.4, 0.5) is 0 Å². The van der Waals surface area contributed by atoms with Gasteiger partial charge in [0.25, 0.3) is 0 Å². The minimum absolute atomic E-state index is 0.299. The maximum absolute atomic E-state index is 10.8. The first-order valence-corrected chi connectivity index (χ1v) is 6.05. The number of carboxylic acids is 1. The molecule has 16 heavy (non-hydrogen) atoms. The zero-order chi connectivity index (χ0) is 12.2. The zero-order valence-corrected chi connectivity index (χ0v) is 10.2. The Morgan fingerprint density at radius 2 is 2.25 bits per heavy atom. The molecule has 1 fully saturated rings. The van der Waals surface area contributed by atoms with Gasteiger partial charge in [0, 0.05) is 6.61 Å². The van der Waals surface area contributed by atoms with Crippen LogP contribution in [-0.2, 0) is 9.53 Å². The summed E-state index contributed by atoms with van der Waals surface area (Å²) in [7, 11) is 0. The fourth-order valence-electron chi connectivity index (χ4n) is 2.07. The molecule has 3 unspecified atom stereocenters. The molecule has 3 N–H and O–H groups in total. The number of carboxylic acid groups (broad SMARTS) is 1. The molecule has 1 aliphatic carbocycles. The van der Waals surface area contributed by atoms with Crippen molar-refractivity contribution in [2.45, 2.75) is 57.6 Å². The standard InChI is InChI=1S/C12H23NO3/c1-9-4-3-5-10(8-9)16-7-6-12(2,13)11(14)15/h9-10H,3-8,13H2,1-2H3,(H,14,15). The van der Waals surface area contributed by atoms with Crippen molar-refractivity contribution in [3.63, 3.8) is 0 Å². The lowest BCUT2D eigenvalue weighted by Crippen LogP contribution is -2.46. The average molecular weight is 229 g/mol. The fraction of sp³-hybridized carbons (Fsp3) is 0.917. The first-order valence-electron chi connectivity index (χ1n) is 6.05. The summed E-state index contributed by atoms with van der Waals surface area (Å²) in [5.41, 5.74) is 4.46. The SMILES string of the molecule is CC1CCCC(OCCC(C)(N)C(=O)O)C1. The molecule has 1 rings (SSSR count). The molecule has 1 saturated carbocycles. The van der Waals surface area contributed by atoms with Crippen LogP contribution in [0, 0.1) is 5.92 Å². The van der Waals surface area contributed by atoms with E-state index in [1.165, 1.54) is 19.8 Å². The van der Waals surface area contributed by atoms with Crippen molar-refractivity contribution in [1.29, 1.82) is 0 Å². The normalized spacial score (nSPS) is 29.7. The molecule has 1 aliphatic rings. The van der Waals surface area contributed by atoms with E-state index >= 15 is 0 Å². The molecule has 3 atom stereocenters. The fourth-order valence-corrected chi connectivity index (χ4v) is 2.07. The summed E-state index contributed by atoms with van der Waals surface area (Å²) in [6.07, 6.45) is 5.35. The highest BCUT2D eigenvalue weighted by Gasteiger charge is 2.28. The third-order valence-electron chi connectivity index (χ3n) is 3.35. The summed E-state index contributed by atoms with van der Waals surface area (Å²) < 4.78 is 5.70. The van der Waals surface area contributed by atoms with E-state index in [2.05, 4.69) is 6.92 Å². The molecule has 0 aromatic carbocycles. The van der Waals surface area contributed by atoms with Gasteiger partial charge in [-0.1, -0.05) is 19.8 Å². The molecule has 0 spiro atoms. The Balaban J connectivity index is 2.22. The molecule has 0 bridgehead atoms. The van der Waals surface area contributed by atoms with Gasteiger partial charge in [-0.15, -0.1) is 0 Å². The second-order valence-corrected chi connectivity index (χ2v) is 5.24. The molecule has 0 radical (unpaired) electrons. The van der Waals surface area contributed by atoms with Gasteiger partial charge in [-0.05, 0) is 32.1 Å². The predicted octanol–water partition coefficient (Wildman–Crippen LogP) is 1.77. The van der Waals surface area contributed by atoms with Crippen LogP contribution in [0.3, 0.4) is 0 Å². The Labute approximate surface area is 97.2 Å². The Kier molecular flexibility index (Phi) is 4.74. The maximum Gasteiger partial charge on any atom is 0.323 e. The number of carbonyl (C=O) groups is 1. The Bertz CT molecular complexity index is 240. The van der Waals surface area contributed by atoms with Crippen molar-refractivity contribution in [2.75, 3.05) is 6.61 Å². The lowest BCUT2D eigenvalue weighted by Gasteiger charge is -2.28.